The molecule has 4 rings (SSSR count). The Balaban J connectivity index is 1.34. The molecule has 11 heteroatoms. The maximum atomic E-state index is 13.1. The lowest BCUT2D eigenvalue weighted by molar-refractivity contribution is -0.142. The van der Waals surface area contributed by atoms with E-state index in [1.54, 1.807) is 4.90 Å². The number of piperidine rings is 1. The van der Waals surface area contributed by atoms with Gasteiger partial charge in [-0.2, -0.15) is 18.2 Å². The molecule has 2 aliphatic rings. The number of piperazine rings is 1. The summed E-state index contributed by atoms with van der Waals surface area (Å²) in [6.07, 6.45) is -2.37. The van der Waals surface area contributed by atoms with Crippen LogP contribution in [0.4, 0.5) is 13.2 Å². The van der Waals surface area contributed by atoms with Crippen LogP contribution >= 0.6 is 0 Å². The van der Waals surface area contributed by atoms with E-state index in [1.807, 2.05) is 18.7 Å². The topological polar surface area (TPSA) is 82.8 Å². The smallest absolute Gasteiger partial charge is 0.342 e. The number of nitrogens with zero attached hydrogens (tertiary/aromatic N) is 5. The number of halogens is 3. The highest BCUT2D eigenvalue weighted by atomic mass is 19.4. The van der Waals surface area contributed by atoms with Gasteiger partial charge in [-0.3, -0.25) is 14.5 Å². The molecule has 2 atom stereocenters. The second-order valence-electron chi connectivity index (χ2n) is 9.10. The van der Waals surface area contributed by atoms with E-state index in [0.29, 0.717) is 51.6 Å². The van der Waals surface area contributed by atoms with Gasteiger partial charge in [-0.25, -0.2) is 0 Å². The van der Waals surface area contributed by atoms with Gasteiger partial charge in [0.15, 0.2) is 0 Å². The van der Waals surface area contributed by atoms with Crippen LogP contribution in [0.1, 0.15) is 50.6 Å². The van der Waals surface area contributed by atoms with Crippen LogP contribution < -0.4 is 0 Å². The minimum Gasteiger partial charge on any atom is -0.342 e. The van der Waals surface area contributed by atoms with Crippen molar-refractivity contribution in [3.8, 4) is 11.4 Å². The second kappa shape index (κ2) is 10.3. The van der Waals surface area contributed by atoms with E-state index in [4.69, 9.17) is 4.52 Å². The molecule has 3 heterocycles. The number of aromatic nitrogens is 2. The van der Waals surface area contributed by atoms with Crippen LogP contribution in [0.2, 0.25) is 0 Å². The number of amides is 2. The summed E-state index contributed by atoms with van der Waals surface area (Å²) in [6, 6.07) is 4.59. The first kappa shape index (κ1) is 25.2. The molecule has 190 valence electrons. The van der Waals surface area contributed by atoms with Crippen molar-refractivity contribution in [1.82, 2.24) is 24.8 Å². The average Bonchev–Trinajstić information content (AvgIpc) is 3.37. The Bertz CT molecular complexity index is 1050. The first-order valence-electron chi connectivity index (χ1n) is 12.0. The number of alkyl halides is 3. The van der Waals surface area contributed by atoms with Crippen molar-refractivity contribution in [2.75, 3.05) is 39.3 Å². The summed E-state index contributed by atoms with van der Waals surface area (Å²) >= 11 is 0. The summed E-state index contributed by atoms with van der Waals surface area (Å²) in [5, 5.41) is 3.88. The van der Waals surface area contributed by atoms with Crippen LogP contribution in [0.25, 0.3) is 11.4 Å². The Hall–Kier alpha value is -2.95. The molecule has 0 radical (unpaired) electrons. The van der Waals surface area contributed by atoms with Gasteiger partial charge in [-0.05, 0) is 31.9 Å². The summed E-state index contributed by atoms with van der Waals surface area (Å²) in [5.41, 5.74) is -0.532. The summed E-state index contributed by atoms with van der Waals surface area (Å²) in [4.78, 5) is 35.2. The van der Waals surface area contributed by atoms with Crippen molar-refractivity contribution < 1.29 is 27.3 Å². The molecule has 0 saturated carbocycles. The van der Waals surface area contributed by atoms with Crippen molar-refractivity contribution in [3.63, 3.8) is 0 Å². The van der Waals surface area contributed by atoms with E-state index in [2.05, 4.69) is 15.0 Å². The fraction of sp³-hybridized carbons (Fsp3) is 0.583. The second-order valence-corrected chi connectivity index (χ2v) is 9.10. The maximum absolute atomic E-state index is 13.1. The summed E-state index contributed by atoms with van der Waals surface area (Å²) < 4.78 is 44.4. The monoisotopic (exact) mass is 493 g/mol. The van der Waals surface area contributed by atoms with Gasteiger partial charge in [0.05, 0.1) is 17.5 Å². The number of hydrogen-bond acceptors (Lipinski definition) is 6. The minimum atomic E-state index is -4.45. The number of hydrogen-bond donors (Lipinski definition) is 0. The van der Waals surface area contributed by atoms with E-state index in [1.165, 1.54) is 12.1 Å². The Morgan fingerprint density at radius 2 is 1.89 bits per heavy atom. The predicted molar refractivity (Wildman–Crippen MR) is 121 cm³/mol. The minimum absolute atomic E-state index is 0.0882. The maximum Gasteiger partial charge on any atom is 0.416 e. The molecule has 2 aliphatic heterocycles. The highest BCUT2D eigenvalue weighted by Gasteiger charge is 2.34. The Morgan fingerprint density at radius 1 is 1.14 bits per heavy atom. The van der Waals surface area contributed by atoms with Gasteiger partial charge in [0, 0.05) is 51.3 Å². The quantitative estimate of drug-likeness (QED) is 0.633. The normalized spacial score (nSPS) is 20.7. The first-order valence-corrected chi connectivity index (χ1v) is 12.0. The van der Waals surface area contributed by atoms with E-state index >= 15 is 0 Å². The van der Waals surface area contributed by atoms with Gasteiger partial charge >= 0.3 is 6.18 Å². The molecule has 35 heavy (non-hydrogen) atoms. The van der Waals surface area contributed by atoms with Crippen LogP contribution in [-0.2, 0) is 15.8 Å². The largest absolute Gasteiger partial charge is 0.416 e. The fourth-order valence-electron chi connectivity index (χ4n) is 4.73. The van der Waals surface area contributed by atoms with Gasteiger partial charge in [0.1, 0.15) is 0 Å². The molecular formula is C24H30F3N5O3. The Kier molecular flexibility index (Phi) is 7.44. The zero-order valence-corrected chi connectivity index (χ0v) is 19.9. The Morgan fingerprint density at radius 3 is 2.57 bits per heavy atom. The SMILES string of the molecule is CCC(=O)N1CCCC(C(=O)N2CCN(C(C)c3nc(-c4cccc(C(F)(F)F)c4)no3)CC2)C1. The van der Waals surface area contributed by atoms with E-state index < -0.39 is 11.7 Å². The molecule has 0 spiro atoms. The lowest BCUT2D eigenvalue weighted by Gasteiger charge is -2.40. The van der Waals surface area contributed by atoms with Gasteiger partial charge < -0.3 is 14.3 Å². The molecule has 2 aromatic rings. The van der Waals surface area contributed by atoms with Gasteiger partial charge in [0.2, 0.25) is 23.5 Å². The number of likely N-dealkylation sites (tertiary alicyclic amines) is 1. The molecule has 0 bridgehead atoms. The predicted octanol–water partition coefficient (Wildman–Crippen LogP) is 3.61. The highest BCUT2D eigenvalue weighted by molar-refractivity contribution is 5.81. The molecule has 1 aromatic carbocycles. The number of benzene rings is 1. The molecule has 1 aromatic heterocycles. The molecule has 2 fully saturated rings. The summed E-state index contributed by atoms with van der Waals surface area (Å²) in [7, 11) is 0. The number of carbonyl (C=O) groups is 2. The summed E-state index contributed by atoms with van der Waals surface area (Å²) in [6.45, 7) is 7.26. The molecule has 8 nitrogen and oxygen atoms in total. The van der Waals surface area contributed by atoms with Crippen LogP contribution in [-0.4, -0.2) is 75.9 Å². The zero-order chi connectivity index (χ0) is 25.2. The number of rotatable bonds is 5. The lowest BCUT2D eigenvalue weighted by atomic mass is 9.96. The van der Waals surface area contributed by atoms with E-state index in [9.17, 15) is 22.8 Å². The third-order valence-corrected chi connectivity index (χ3v) is 6.85. The third-order valence-electron chi connectivity index (χ3n) is 6.85. The van der Waals surface area contributed by atoms with Crippen molar-refractivity contribution in [1.29, 1.82) is 0 Å². The van der Waals surface area contributed by atoms with Gasteiger partial charge in [0.25, 0.3) is 0 Å². The average molecular weight is 494 g/mol. The van der Waals surface area contributed by atoms with Gasteiger partial charge in [-0.15, -0.1) is 0 Å². The molecular weight excluding hydrogens is 463 g/mol. The van der Waals surface area contributed by atoms with E-state index in [-0.39, 0.29) is 35.2 Å². The van der Waals surface area contributed by atoms with Crippen LogP contribution in [0.15, 0.2) is 28.8 Å². The summed E-state index contributed by atoms with van der Waals surface area (Å²) in [5.74, 6) is 0.448. The van der Waals surface area contributed by atoms with Crippen LogP contribution in [0, 0.1) is 5.92 Å². The standard InChI is InChI=1S/C24H30F3N5O3/c1-3-20(33)32-9-5-7-18(15-32)23(34)31-12-10-30(11-13-31)16(2)22-28-21(29-35-22)17-6-4-8-19(14-17)24(25,26)27/h4,6,8,14,16,18H,3,5,7,9-13,15H2,1-2H3. The van der Waals surface area contributed by atoms with Crippen molar-refractivity contribution in [2.45, 2.75) is 45.3 Å². The molecule has 0 aliphatic carbocycles. The molecule has 0 N–H and O–H groups in total. The fourth-order valence-corrected chi connectivity index (χ4v) is 4.73. The van der Waals surface area contributed by atoms with E-state index in [0.717, 1.165) is 25.0 Å². The number of carbonyl (C=O) groups excluding carboxylic acids is 2. The zero-order valence-electron chi connectivity index (χ0n) is 19.9. The van der Waals surface area contributed by atoms with Crippen LogP contribution in [0.5, 0.6) is 0 Å². The van der Waals surface area contributed by atoms with Crippen molar-refractivity contribution in [2.24, 2.45) is 5.92 Å². The first-order chi connectivity index (χ1) is 16.7. The highest BCUT2D eigenvalue weighted by Crippen LogP contribution is 2.32. The lowest BCUT2D eigenvalue weighted by Crippen LogP contribution is -2.53. The van der Waals surface area contributed by atoms with Gasteiger partial charge in [-0.1, -0.05) is 24.2 Å². The molecule has 2 amide bonds. The molecule has 2 unspecified atom stereocenters. The van der Waals surface area contributed by atoms with Crippen molar-refractivity contribution in [3.05, 3.63) is 35.7 Å². The van der Waals surface area contributed by atoms with Crippen molar-refractivity contribution >= 4 is 11.8 Å². The molecule has 2 saturated heterocycles. The Labute approximate surface area is 202 Å². The third kappa shape index (κ3) is 5.66. The van der Waals surface area contributed by atoms with Crippen LogP contribution in [0.3, 0.4) is 0 Å².